The van der Waals surface area contributed by atoms with Crippen molar-refractivity contribution < 1.29 is 9.63 Å². The SMILES string of the molecule is O=C(NCCc1ccccc1)[C@@H]1CC(c2cccc(Br)c2)=NO1. The Balaban J connectivity index is 1.49. The largest absolute Gasteiger partial charge is 0.382 e. The quantitative estimate of drug-likeness (QED) is 0.875. The molecule has 0 radical (unpaired) electrons. The van der Waals surface area contributed by atoms with Gasteiger partial charge in [-0.2, -0.15) is 0 Å². The van der Waals surface area contributed by atoms with Gasteiger partial charge in [0.25, 0.3) is 5.91 Å². The predicted octanol–water partition coefficient (Wildman–Crippen LogP) is 3.30. The Kier molecular flexibility index (Phi) is 5.08. The molecule has 2 aromatic rings. The summed E-state index contributed by atoms with van der Waals surface area (Å²) in [6, 6.07) is 17.9. The second-order valence-electron chi connectivity index (χ2n) is 5.37. The normalized spacial score (nSPS) is 16.6. The molecule has 2 aromatic carbocycles. The minimum atomic E-state index is -0.542. The van der Waals surface area contributed by atoms with Crippen molar-refractivity contribution >= 4 is 27.5 Å². The number of amides is 1. The molecule has 1 heterocycles. The molecule has 0 bridgehead atoms. The molecule has 118 valence electrons. The molecule has 1 aliphatic heterocycles. The van der Waals surface area contributed by atoms with Gasteiger partial charge in [-0.25, -0.2) is 0 Å². The van der Waals surface area contributed by atoms with Gasteiger partial charge in [0, 0.05) is 23.0 Å². The predicted molar refractivity (Wildman–Crippen MR) is 93.3 cm³/mol. The maximum atomic E-state index is 12.2. The monoisotopic (exact) mass is 372 g/mol. The summed E-state index contributed by atoms with van der Waals surface area (Å²) in [7, 11) is 0. The van der Waals surface area contributed by atoms with Crippen LogP contribution in [0.4, 0.5) is 0 Å². The molecular weight excluding hydrogens is 356 g/mol. The van der Waals surface area contributed by atoms with Crippen LogP contribution >= 0.6 is 15.9 Å². The lowest BCUT2D eigenvalue weighted by Crippen LogP contribution is -2.36. The molecule has 23 heavy (non-hydrogen) atoms. The minimum absolute atomic E-state index is 0.116. The zero-order valence-corrected chi connectivity index (χ0v) is 14.1. The highest BCUT2D eigenvalue weighted by Crippen LogP contribution is 2.19. The van der Waals surface area contributed by atoms with E-state index in [1.807, 2.05) is 54.6 Å². The molecule has 1 aliphatic rings. The second-order valence-corrected chi connectivity index (χ2v) is 6.29. The van der Waals surface area contributed by atoms with E-state index in [9.17, 15) is 4.79 Å². The number of carbonyl (C=O) groups excluding carboxylic acids is 1. The molecule has 0 saturated carbocycles. The summed E-state index contributed by atoms with van der Waals surface area (Å²) in [4.78, 5) is 17.4. The van der Waals surface area contributed by atoms with Crippen LogP contribution in [0.15, 0.2) is 64.2 Å². The third kappa shape index (κ3) is 4.20. The van der Waals surface area contributed by atoms with Crippen LogP contribution in [0.5, 0.6) is 0 Å². The highest BCUT2D eigenvalue weighted by Gasteiger charge is 2.28. The van der Waals surface area contributed by atoms with Crippen LogP contribution in [0.25, 0.3) is 0 Å². The van der Waals surface area contributed by atoms with E-state index in [2.05, 4.69) is 26.4 Å². The molecule has 1 atom stereocenters. The van der Waals surface area contributed by atoms with Gasteiger partial charge in [-0.3, -0.25) is 4.79 Å². The maximum absolute atomic E-state index is 12.2. The van der Waals surface area contributed by atoms with Crippen molar-refractivity contribution in [2.45, 2.75) is 18.9 Å². The lowest BCUT2D eigenvalue weighted by Gasteiger charge is -2.09. The fourth-order valence-electron chi connectivity index (χ4n) is 2.45. The molecule has 1 N–H and O–H groups in total. The fraction of sp³-hybridized carbons (Fsp3) is 0.222. The smallest absolute Gasteiger partial charge is 0.264 e. The van der Waals surface area contributed by atoms with Crippen LogP contribution in [0.3, 0.4) is 0 Å². The minimum Gasteiger partial charge on any atom is -0.382 e. The van der Waals surface area contributed by atoms with Gasteiger partial charge in [-0.15, -0.1) is 0 Å². The lowest BCUT2D eigenvalue weighted by molar-refractivity contribution is -0.131. The van der Waals surface area contributed by atoms with Crippen LogP contribution in [0.1, 0.15) is 17.5 Å². The van der Waals surface area contributed by atoms with Gasteiger partial charge in [0.1, 0.15) is 0 Å². The van der Waals surface area contributed by atoms with Crippen LogP contribution < -0.4 is 5.32 Å². The average molecular weight is 373 g/mol. The summed E-state index contributed by atoms with van der Waals surface area (Å²) >= 11 is 3.43. The Morgan fingerprint density at radius 1 is 1.22 bits per heavy atom. The van der Waals surface area contributed by atoms with E-state index in [0.717, 1.165) is 22.2 Å². The van der Waals surface area contributed by atoms with Gasteiger partial charge in [-0.1, -0.05) is 63.6 Å². The molecule has 0 aliphatic carbocycles. The van der Waals surface area contributed by atoms with Crippen molar-refractivity contribution in [2.75, 3.05) is 6.54 Å². The summed E-state index contributed by atoms with van der Waals surface area (Å²) in [6.45, 7) is 0.592. The highest BCUT2D eigenvalue weighted by molar-refractivity contribution is 9.10. The molecule has 0 fully saturated rings. The molecule has 0 unspecified atom stereocenters. The molecule has 1 amide bonds. The zero-order chi connectivity index (χ0) is 16.1. The number of oxime groups is 1. The number of nitrogens with one attached hydrogen (secondary N) is 1. The third-order valence-corrected chi connectivity index (χ3v) is 4.17. The van der Waals surface area contributed by atoms with Crippen molar-refractivity contribution in [2.24, 2.45) is 5.16 Å². The number of halogens is 1. The van der Waals surface area contributed by atoms with Crippen LogP contribution in [-0.4, -0.2) is 24.3 Å². The lowest BCUT2D eigenvalue weighted by atomic mass is 10.0. The van der Waals surface area contributed by atoms with E-state index < -0.39 is 6.10 Å². The number of hydrogen-bond acceptors (Lipinski definition) is 3. The first-order valence-corrected chi connectivity index (χ1v) is 8.32. The first kappa shape index (κ1) is 15.7. The molecule has 0 saturated heterocycles. The van der Waals surface area contributed by atoms with E-state index in [4.69, 9.17) is 4.84 Å². The van der Waals surface area contributed by atoms with Gasteiger partial charge in [0.15, 0.2) is 0 Å². The molecule has 3 rings (SSSR count). The van der Waals surface area contributed by atoms with E-state index in [1.54, 1.807) is 0 Å². The number of rotatable bonds is 5. The maximum Gasteiger partial charge on any atom is 0.264 e. The molecule has 0 aromatic heterocycles. The zero-order valence-electron chi connectivity index (χ0n) is 12.5. The van der Waals surface area contributed by atoms with Crippen LogP contribution in [0.2, 0.25) is 0 Å². The first-order valence-electron chi connectivity index (χ1n) is 7.52. The van der Waals surface area contributed by atoms with Crippen molar-refractivity contribution in [3.8, 4) is 0 Å². The van der Waals surface area contributed by atoms with Gasteiger partial charge < -0.3 is 10.2 Å². The Hall–Kier alpha value is -2.14. The number of carbonyl (C=O) groups is 1. The number of hydrogen-bond donors (Lipinski definition) is 1. The van der Waals surface area contributed by atoms with E-state index in [-0.39, 0.29) is 5.91 Å². The Morgan fingerprint density at radius 3 is 2.83 bits per heavy atom. The van der Waals surface area contributed by atoms with Crippen molar-refractivity contribution in [3.05, 3.63) is 70.2 Å². The molecular formula is C18H17BrN2O2. The van der Waals surface area contributed by atoms with Crippen molar-refractivity contribution in [3.63, 3.8) is 0 Å². The van der Waals surface area contributed by atoms with Crippen LogP contribution in [0, 0.1) is 0 Å². The highest BCUT2D eigenvalue weighted by atomic mass is 79.9. The fourth-order valence-corrected chi connectivity index (χ4v) is 2.84. The summed E-state index contributed by atoms with van der Waals surface area (Å²) in [5, 5.41) is 6.96. The topological polar surface area (TPSA) is 50.7 Å². The summed E-state index contributed by atoms with van der Waals surface area (Å²) in [5.41, 5.74) is 2.97. The Bertz CT molecular complexity index is 716. The molecule has 0 spiro atoms. The first-order chi connectivity index (χ1) is 11.2. The third-order valence-electron chi connectivity index (χ3n) is 3.67. The van der Waals surface area contributed by atoms with E-state index >= 15 is 0 Å². The van der Waals surface area contributed by atoms with Gasteiger partial charge in [-0.05, 0) is 24.1 Å². The summed E-state index contributed by atoms with van der Waals surface area (Å²) in [5.74, 6) is -0.116. The average Bonchev–Trinajstić information content (AvgIpc) is 3.06. The van der Waals surface area contributed by atoms with E-state index in [0.29, 0.717) is 13.0 Å². The Morgan fingerprint density at radius 2 is 2.04 bits per heavy atom. The second kappa shape index (κ2) is 7.42. The summed E-state index contributed by atoms with van der Waals surface area (Å²) < 4.78 is 0.980. The summed E-state index contributed by atoms with van der Waals surface area (Å²) in [6.07, 6.45) is 0.756. The van der Waals surface area contributed by atoms with Crippen molar-refractivity contribution in [1.29, 1.82) is 0 Å². The standard InChI is InChI=1S/C18H17BrN2O2/c19-15-8-4-7-14(11-15)16-12-17(23-21-16)18(22)20-10-9-13-5-2-1-3-6-13/h1-8,11,17H,9-10,12H2,(H,20,22)/t17-/m0/s1. The van der Waals surface area contributed by atoms with Crippen molar-refractivity contribution in [1.82, 2.24) is 5.32 Å². The number of nitrogens with zero attached hydrogens (tertiary/aromatic N) is 1. The van der Waals surface area contributed by atoms with Gasteiger partial charge in [0.2, 0.25) is 6.10 Å². The van der Waals surface area contributed by atoms with E-state index in [1.165, 1.54) is 5.56 Å². The Labute approximate surface area is 143 Å². The molecule has 4 nitrogen and oxygen atoms in total. The van der Waals surface area contributed by atoms with Crippen LogP contribution in [-0.2, 0) is 16.1 Å². The molecule has 5 heteroatoms. The van der Waals surface area contributed by atoms with Gasteiger partial charge in [0.05, 0.1) is 5.71 Å². The number of benzene rings is 2. The van der Waals surface area contributed by atoms with Gasteiger partial charge >= 0.3 is 0 Å².